The van der Waals surface area contributed by atoms with Gasteiger partial charge in [-0.15, -0.1) is 0 Å². The number of ether oxygens (including phenoxy) is 1. The molecule has 1 aliphatic heterocycles. The van der Waals surface area contributed by atoms with E-state index in [4.69, 9.17) is 10.5 Å². The van der Waals surface area contributed by atoms with E-state index < -0.39 is 18.6 Å². The number of piperidine rings is 1. The van der Waals surface area contributed by atoms with Crippen molar-refractivity contribution < 1.29 is 22.7 Å². The van der Waals surface area contributed by atoms with Crippen LogP contribution in [-0.4, -0.2) is 49.4 Å². The molecule has 2 heterocycles. The summed E-state index contributed by atoms with van der Waals surface area (Å²) in [6, 6.07) is 11.4. The van der Waals surface area contributed by atoms with Gasteiger partial charge in [-0.05, 0) is 68.2 Å². The van der Waals surface area contributed by atoms with Gasteiger partial charge >= 0.3 is 6.18 Å². The second kappa shape index (κ2) is 11.3. The molecule has 1 saturated heterocycles. The highest BCUT2D eigenvalue weighted by molar-refractivity contribution is 5.94. The molecule has 0 spiro atoms. The van der Waals surface area contributed by atoms with Crippen LogP contribution in [-0.2, 0) is 6.54 Å². The van der Waals surface area contributed by atoms with Gasteiger partial charge in [0.15, 0.2) is 0 Å². The fourth-order valence-corrected chi connectivity index (χ4v) is 4.14. The zero-order valence-corrected chi connectivity index (χ0v) is 20.2. The zero-order valence-electron chi connectivity index (χ0n) is 20.2. The number of halogens is 3. The third-order valence-corrected chi connectivity index (χ3v) is 5.97. The van der Waals surface area contributed by atoms with Crippen LogP contribution in [0.5, 0.6) is 5.75 Å². The second-order valence-corrected chi connectivity index (χ2v) is 8.57. The molecular formula is C26H27F3N6O2. The molecule has 1 amide bonds. The molecule has 0 unspecified atom stereocenters. The standard InChI is InChI=1S/C26H27F3N6O2/c1-37-24-14-17(25(30)36)7-8-22(24)32-11-3-4-19-15-20-21(34-33-18-9-12-31-13-10-18)5-2-6-23(20)35(19)16-26(27,28)29/h2,5-8,14-15,18,31-32H,9-13,16H2,1H3,(H2,30,36). The first-order valence-electron chi connectivity index (χ1n) is 11.8. The van der Waals surface area contributed by atoms with E-state index in [1.54, 1.807) is 36.4 Å². The van der Waals surface area contributed by atoms with E-state index in [0.717, 1.165) is 30.5 Å². The molecule has 4 rings (SSSR count). The monoisotopic (exact) mass is 512 g/mol. The summed E-state index contributed by atoms with van der Waals surface area (Å²) in [6.07, 6.45) is -2.69. The Balaban J connectivity index is 1.60. The van der Waals surface area contributed by atoms with Gasteiger partial charge in [0.25, 0.3) is 0 Å². The van der Waals surface area contributed by atoms with E-state index in [9.17, 15) is 18.0 Å². The van der Waals surface area contributed by atoms with E-state index in [-0.39, 0.29) is 18.3 Å². The minimum atomic E-state index is -4.43. The Kier molecular flexibility index (Phi) is 7.98. The number of azo groups is 1. The number of carbonyl (C=O) groups is 1. The number of alkyl halides is 3. The summed E-state index contributed by atoms with van der Waals surface area (Å²) in [5, 5.41) is 15.7. The lowest BCUT2D eigenvalue weighted by Gasteiger charge is -2.17. The van der Waals surface area contributed by atoms with Gasteiger partial charge in [0.1, 0.15) is 12.3 Å². The van der Waals surface area contributed by atoms with E-state index in [0.29, 0.717) is 33.6 Å². The first-order chi connectivity index (χ1) is 17.7. The molecule has 0 aliphatic carbocycles. The normalized spacial score (nSPS) is 14.5. The molecule has 4 N–H and O–H groups in total. The smallest absolute Gasteiger partial charge is 0.406 e. The Hall–Kier alpha value is -4.04. The fourth-order valence-electron chi connectivity index (χ4n) is 4.14. The summed E-state index contributed by atoms with van der Waals surface area (Å²) >= 11 is 0. The van der Waals surface area contributed by atoms with Crippen LogP contribution < -0.4 is 21.1 Å². The molecular weight excluding hydrogens is 485 g/mol. The number of benzene rings is 2. The maximum Gasteiger partial charge on any atom is 0.406 e. The third kappa shape index (κ3) is 6.59. The number of nitrogens with zero attached hydrogens (tertiary/aromatic N) is 3. The van der Waals surface area contributed by atoms with Crippen LogP contribution in [0.1, 0.15) is 28.9 Å². The van der Waals surface area contributed by atoms with E-state index in [1.807, 2.05) is 0 Å². The van der Waals surface area contributed by atoms with Gasteiger partial charge < -0.3 is 25.7 Å². The molecule has 0 atom stereocenters. The molecule has 3 aromatic rings. The predicted molar refractivity (Wildman–Crippen MR) is 135 cm³/mol. The number of primary amides is 1. The van der Waals surface area contributed by atoms with E-state index in [2.05, 4.69) is 32.7 Å². The Morgan fingerprint density at radius 1 is 1.24 bits per heavy atom. The van der Waals surface area contributed by atoms with Crippen molar-refractivity contribution >= 4 is 28.2 Å². The van der Waals surface area contributed by atoms with Gasteiger partial charge in [0, 0.05) is 10.9 Å². The average Bonchev–Trinajstić information content (AvgIpc) is 3.22. The lowest BCUT2D eigenvalue weighted by molar-refractivity contribution is -0.140. The van der Waals surface area contributed by atoms with Crippen molar-refractivity contribution in [2.45, 2.75) is 31.6 Å². The van der Waals surface area contributed by atoms with Gasteiger partial charge in [-0.3, -0.25) is 4.79 Å². The second-order valence-electron chi connectivity index (χ2n) is 8.57. The first-order valence-corrected chi connectivity index (χ1v) is 11.8. The van der Waals surface area contributed by atoms with E-state index >= 15 is 0 Å². The van der Waals surface area contributed by atoms with Crippen LogP contribution in [0.3, 0.4) is 0 Å². The van der Waals surface area contributed by atoms with Crippen LogP contribution in [0, 0.1) is 11.8 Å². The Labute approximate surface area is 212 Å². The third-order valence-electron chi connectivity index (χ3n) is 5.97. The number of nitrogens with two attached hydrogens (primary N) is 1. The molecule has 0 radical (unpaired) electrons. The maximum absolute atomic E-state index is 13.4. The quantitative estimate of drug-likeness (QED) is 0.318. The number of fused-ring (bicyclic) bond motifs is 1. The van der Waals surface area contributed by atoms with Crippen molar-refractivity contribution in [1.29, 1.82) is 0 Å². The van der Waals surface area contributed by atoms with Crippen LogP contribution in [0.15, 0.2) is 52.7 Å². The van der Waals surface area contributed by atoms with Crippen molar-refractivity contribution in [2.75, 3.05) is 32.1 Å². The Morgan fingerprint density at radius 2 is 2.03 bits per heavy atom. The number of hydrogen-bond donors (Lipinski definition) is 3. The molecule has 1 aliphatic rings. The van der Waals surface area contributed by atoms with Gasteiger partial charge in [0.05, 0.1) is 42.3 Å². The number of aromatic nitrogens is 1. The maximum atomic E-state index is 13.4. The van der Waals surface area contributed by atoms with Crippen molar-refractivity contribution in [2.24, 2.45) is 16.0 Å². The van der Waals surface area contributed by atoms with Crippen molar-refractivity contribution in [1.82, 2.24) is 9.88 Å². The number of rotatable bonds is 7. The first kappa shape index (κ1) is 26.0. The summed E-state index contributed by atoms with van der Waals surface area (Å²) < 4.78 is 46.7. The summed E-state index contributed by atoms with van der Waals surface area (Å²) in [5.74, 6) is 5.53. The summed E-state index contributed by atoms with van der Waals surface area (Å²) in [7, 11) is 1.45. The summed E-state index contributed by atoms with van der Waals surface area (Å²) in [4.78, 5) is 11.4. The fraction of sp³-hybridized carbons (Fsp3) is 0.346. The van der Waals surface area contributed by atoms with Crippen molar-refractivity contribution in [3.63, 3.8) is 0 Å². The van der Waals surface area contributed by atoms with Gasteiger partial charge in [-0.25, -0.2) is 0 Å². The van der Waals surface area contributed by atoms with Gasteiger partial charge in [-0.1, -0.05) is 12.0 Å². The number of amides is 1. The highest BCUT2D eigenvalue weighted by atomic mass is 19.4. The number of anilines is 1. The molecule has 37 heavy (non-hydrogen) atoms. The topological polar surface area (TPSA) is 106 Å². The molecule has 2 aromatic carbocycles. The summed E-state index contributed by atoms with van der Waals surface area (Å²) in [5.41, 5.74) is 7.27. The number of hydrogen-bond acceptors (Lipinski definition) is 6. The molecule has 8 nitrogen and oxygen atoms in total. The Bertz CT molecular complexity index is 1360. The molecule has 1 fully saturated rings. The van der Waals surface area contributed by atoms with Gasteiger partial charge in [0.2, 0.25) is 5.91 Å². The lowest BCUT2D eigenvalue weighted by Crippen LogP contribution is -2.29. The molecule has 0 bridgehead atoms. The summed E-state index contributed by atoms with van der Waals surface area (Å²) in [6.45, 7) is 0.683. The largest absolute Gasteiger partial charge is 0.495 e. The van der Waals surface area contributed by atoms with E-state index in [1.165, 1.54) is 13.2 Å². The minimum absolute atomic E-state index is 0.0909. The molecule has 194 valence electrons. The minimum Gasteiger partial charge on any atom is -0.495 e. The highest BCUT2D eigenvalue weighted by Crippen LogP contribution is 2.32. The highest BCUT2D eigenvalue weighted by Gasteiger charge is 2.30. The van der Waals surface area contributed by atoms with Gasteiger partial charge in [-0.2, -0.15) is 23.4 Å². The molecule has 0 saturated carbocycles. The molecule has 1 aromatic heterocycles. The Morgan fingerprint density at radius 3 is 2.73 bits per heavy atom. The van der Waals surface area contributed by atoms with Crippen LogP contribution in [0.25, 0.3) is 10.9 Å². The zero-order chi connectivity index (χ0) is 26.4. The average molecular weight is 513 g/mol. The number of nitrogens with one attached hydrogen (secondary N) is 2. The predicted octanol–water partition coefficient (Wildman–Crippen LogP) is 4.61. The lowest BCUT2D eigenvalue weighted by atomic mass is 10.1. The number of carbonyl (C=O) groups excluding carboxylic acids is 1. The van der Waals surface area contributed by atoms with Crippen molar-refractivity contribution in [3.8, 4) is 17.6 Å². The van der Waals surface area contributed by atoms with Crippen molar-refractivity contribution in [3.05, 3.63) is 53.7 Å². The SMILES string of the molecule is COc1cc(C(N)=O)ccc1NCC#Cc1cc2c(N=NC3CCNCC3)cccc2n1CC(F)(F)F. The van der Waals surface area contributed by atoms with Crippen LogP contribution >= 0.6 is 0 Å². The molecule has 11 heteroatoms. The number of methoxy groups -OCH3 is 1. The van der Waals surface area contributed by atoms with Crippen LogP contribution in [0.4, 0.5) is 24.5 Å². The van der Waals surface area contributed by atoms with Crippen LogP contribution in [0.2, 0.25) is 0 Å².